The minimum Gasteiger partial charge on any atom is -0.492 e. The van der Waals surface area contributed by atoms with Crippen molar-refractivity contribution in [3.8, 4) is 17.1 Å². The number of rotatable bonds is 7. The Bertz CT molecular complexity index is 923. The number of aromatic nitrogens is 3. The van der Waals surface area contributed by atoms with Gasteiger partial charge in [-0.05, 0) is 43.5 Å². The van der Waals surface area contributed by atoms with E-state index in [1.807, 2.05) is 37.4 Å². The predicted octanol–water partition coefficient (Wildman–Crippen LogP) is 3.73. The van der Waals surface area contributed by atoms with Gasteiger partial charge in [0.1, 0.15) is 18.2 Å². The SMILES string of the molecule is CN(CCOc1ccccc1)Cn1nc(-c2ccccc2F)n(C)c1=S. The van der Waals surface area contributed by atoms with E-state index >= 15 is 0 Å². The van der Waals surface area contributed by atoms with Gasteiger partial charge in [0.2, 0.25) is 0 Å². The second kappa shape index (κ2) is 8.25. The number of halogens is 1. The summed E-state index contributed by atoms with van der Waals surface area (Å²) in [6.07, 6.45) is 0. The maximum absolute atomic E-state index is 14.1. The average molecular weight is 372 g/mol. The van der Waals surface area contributed by atoms with Gasteiger partial charge >= 0.3 is 0 Å². The molecule has 0 aliphatic rings. The van der Waals surface area contributed by atoms with Crippen molar-refractivity contribution in [2.45, 2.75) is 6.67 Å². The normalized spacial score (nSPS) is 11.1. The molecule has 0 fully saturated rings. The van der Waals surface area contributed by atoms with Crippen LogP contribution in [-0.4, -0.2) is 39.4 Å². The summed E-state index contributed by atoms with van der Waals surface area (Å²) in [5.41, 5.74) is 0.440. The lowest BCUT2D eigenvalue weighted by atomic mass is 10.2. The Balaban J connectivity index is 1.65. The van der Waals surface area contributed by atoms with Crippen LogP contribution in [0, 0.1) is 10.6 Å². The van der Waals surface area contributed by atoms with Crippen molar-refractivity contribution in [3.63, 3.8) is 0 Å². The Hall–Kier alpha value is -2.51. The summed E-state index contributed by atoms with van der Waals surface area (Å²) in [6.45, 7) is 1.77. The van der Waals surface area contributed by atoms with E-state index in [9.17, 15) is 4.39 Å². The van der Waals surface area contributed by atoms with Gasteiger partial charge in [0, 0.05) is 13.6 Å². The lowest BCUT2D eigenvalue weighted by Crippen LogP contribution is -2.27. The van der Waals surface area contributed by atoms with Crippen LogP contribution in [0.25, 0.3) is 11.4 Å². The summed E-state index contributed by atoms with van der Waals surface area (Å²) in [4.78, 5) is 2.05. The summed E-state index contributed by atoms with van der Waals surface area (Å²) in [5.74, 6) is 1.05. The van der Waals surface area contributed by atoms with E-state index in [2.05, 4.69) is 10.00 Å². The highest BCUT2D eigenvalue weighted by atomic mass is 32.1. The molecule has 3 aromatic rings. The molecule has 7 heteroatoms. The summed E-state index contributed by atoms with van der Waals surface area (Å²) in [5, 5.41) is 4.50. The van der Waals surface area contributed by atoms with Crippen molar-refractivity contribution in [1.29, 1.82) is 0 Å². The van der Waals surface area contributed by atoms with Crippen LogP contribution in [0.1, 0.15) is 0 Å². The number of likely N-dealkylation sites (N-methyl/N-ethyl adjacent to an activating group) is 1. The number of benzene rings is 2. The van der Waals surface area contributed by atoms with Crippen LogP contribution in [0.2, 0.25) is 0 Å². The number of hydrogen-bond donors (Lipinski definition) is 0. The van der Waals surface area contributed by atoms with Gasteiger partial charge in [-0.1, -0.05) is 30.3 Å². The lowest BCUT2D eigenvalue weighted by Gasteiger charge is -2.16. The highest BCUT2D eigenvalue weighted by Crippen LogP contribution is 2.20. The Labute approximate surface area is 157 Å². The molecule has 1 aromatic heterocycles. The van der Waals surface area contributed by atoms with Gasteiger partial charge in [-0.2, -0.15) is 5.10 Å². The molecular weight excluding hydrogens is 351 g/mol. The minimum absolute atomic E-state index is 0.313. The molecule has 26 heavy (non-hydrogen) atoms. The van der Waals surface area contributed by atoms with Gasteiger partial charge in [-0.15, -0.1) is 0 Å². The molecule has 0 N–H and O–H groups in total. The largest absolute Gasteiger partial charge is 0.492 e. The second-order valence-corrected chi connectivity index (χ2v) is 6.39. The molecule has 2 aromatic carbocycles. The van der Waals surface area contributed by atoms with E-state index in [0.29, 0.717) is 36.0 Å². The molecule has 0 radical (unpaired) electrons. The first-order valence-electron chi connectivity index (χ1n) is 8.31. The predicted molar refractivity (Wildman–Crippen MR) is 102 cm³/mol. The molecular formula is C19H21FN4OS. The van der Waals surface area contributed by atoms with Gasteiger partial charge in [0.05, 0.1) is 12.2 Å². The number of ether oxygens (including phenoxy) is 1. The number of nitrogens with zero attached hydrogens (tertiary/aromatic N) is 4. The summed E-state index contributed by atoms with van der Waals surface area (Å²) >= 11 is 5.45. The first-order chi connectivity index (χ1) is 12.6. The van der Waals surface area contributed by atoms with Crippen molar-refractivity contribution in [2.24, 2.45) is 7.05 Å². The van der Waals surface area contributed by atoms with E-state index in [0.717, 1.165) is 5.75 Å². The van der Waals surface area contributed by atoms with Crippen molar-refractivity contribution in [2.75, 3.05) is 20.2 Å². The standard InChI is InChI=1S/C19H21FN4OS/c1-22(12-13-25-15-8-4-3-5-9-15)14-24-19(26)23(2)18(21-24)16-10-6-7-11-17(16)20/h3-11H,12-14H2,1-2H3. The van der Waals surface area contributed by atoms with Crippen LogP contribution in [0.15, 0.2) is 54.6 Å². The van der Waals surface area contributed by atoms with Gasteiger partial charge in [-0.3, -0.25) is 4.90 Å². The van der Waals surface area contributed by atoms with E-state index < -0.39 is 0 Å². The first-order valence-corrected chi connectivity index (χ1v) is 8.72. The molecule has 136 valence electrons. The molecule has 0 spiro atoms. The number of para-hydroxylation sites is 1. The molecule has 3 rings (SSSR count). The van der Waals surface area contributed by atoms with Crippen LogP contribution < -0.4 is 4.74 Å². The molecule has 0 aliphatic carbocycles. The molecule has 0 unspecified atom stereocenters. The van der Waals surface area contributed by atoms with Gasteiger partial charge in [-0.25, -0.2) is 9.07 Å². The fourth-order valence-electron chi connectivity index (χ4n) is 2.59. The van der Waals surface area contributed by atoms with Crippen LogP contribution >= 0.6 is 12.2 Å². The number of hydrogen-bond acceptors (Lipinski definition) is 4. The fourth-order valence-corrected chi connectivity index (χ4v) is 2.78. The highest BCUT2D eigenvalue weighted by Gasteiger charge is 2.14. The van der Waals surface area contributed by atoms with Gasteiger partial charge in [0.15, 0.2) is 10.6 Å². The third-order valence-electron chi connectivity index (χ3n) is 4.02. The van der Waals surface area contributed by atoms with E-state index in [-0.39, 0.29) is 5.82 Å². The van der Waals surface area contributed by atoms with E-state index in [1.165, 1.54) is 6.07 Å². The average Bonchev–Trinajstić information content (AvgIpc) is 2.91. The monoisotopic (exact) mass is 372 g/mol. The zero-order valence-corrected chi connectivity index (χ0v) is 15.6. The maximum atomic E-state index is 14.1. The zero-order chi connectivity index (χ0) is 18.5. The summed E-state index contributed by atoms with van der Waals surface area (Å²) in [7, 11) is 3.76. The van der Waals surface area contributed by atoms with E-state index in [1.54, 1.807) is 34.5 Å². The van der Waals surface area contributed by atoms with E-state index in [4.69, 9.17) is 17.0 Å². The third kappa shape index (κ3) is 4.17. The zero-order valence-electron chi connectivity index (χ0n) is 14.8. The quantitative estimate of drug-likeness (QED) is 0.592. The molecule has 0 amide bonds. The highest BCUT2D eigenvalue weighted by molar-refractivity contribution is 7.71. The Kier molecular flexibility index (Phi) is 5.80. The fraction of sp³-hybridized carbons (Fsp3) is 0.263. The Morgan fingerprint density at radius 1 is 1.12 bits per heavy atom. The van der Waals surface area contributed by atoms with Gasteiger partial charge in [0.25, 0.3) is 0 Å². The molecule has 5 nitrogen and oxygen atoms in total. The topological polar surface area (TPSA) is 35.2 Å². The van der Waals surface area contributed by atoms with Crippen LogP contribution in [0.5, 0.6) is 5.75 Å². The molecule has 0 saturated carbocycles. The summed E-state index contributed by atoms with van der Waals surface area (Å²) < 4.78 is 23.7. The van der Waals surface area contributed by atoms with Crippen molar-refractivity contribution < 1.29 is 9.13 Å². The first kappa shape index (κ1) is 18.3. The molecule has 0 atom stereocenters. The molecule has 0 aliphatic heterocycles. The molecule has 0 saturated heterocycles. The van der Waals surface area contributed by atoms with Crippen LogP contribution in [0.3, 0.4) is 0 Å². The summed E-state index contributed by atoms with van der Waals surface area (Å²) in [6, 6.07) is 16.3. The maximum Gasteiger partial charge on any atom is 0.199 e. The lowest BCUT2D eigenvalue weighted by molar-refractivity contribution is 0.198. The molecule has 1 heterocycles. The van der Waals surface area contributed by atoms with Crippen molar-refractivity contribution >= 4 is 12.2 Å². The minimum atomic E-state index is -0.313. The van der Waals surface area contributed by atoms with Crippen LogP contribution in [-0.2, 0) is 13.7 Å². The van der Waals surface area contributed by atoms with Crippen LogP contribution in [0.4, 0.5) is 4.39 Å². The Morgan fingerprint density at radius 2 is 1.81 bits per heavy atom. The second-order valence-electron chi connectivity index (χ2n) is 6.03. The van der Waals surface area contributed by atoms with Crippen molar-refractivity contribution in [3.05, 3.63) is 65.2 Å². The Morgan fingerprint density at radius 3 is 2.54 bits per heavy atom. The van der Waals surface area contributed by atoms with Crippen molar-refractivity contribution in [1.82, 2.24) is 19.2 Å². The van der Waals surface area contributed by atoms with Gasteiger partial charge < -0.3 is 9.30 Å². The molecule has 0 bridgehead atoms. The third-order valence-corrected chi connectivity index (χ3v) is 4.50. The smallest absolute Gasteiger partial charge is 0.199 e.